The summed E-state index contributed by atoms with van der Waals surface area (Å²) in [5, 5.41) is 14.4. The molecule has 0 aromatic carbocycles. The molecule has 7 nitrogen and oxygen atoms in total. The van der Waals surface area contributed by atoms with E-state index in [4.69, 9.17) is 0 Å². The highest BCUT2D eigenvalue weighted by molar-refractivity contribution is 5.96. The molecular formula is C16H21N5O2. The van der Waals surface area contributed by atoms with Crippen molar-refractivity contribution in [3.8, 4) is 0 Å². The average molecular weight is 315 g/mol. The maximum atomic E-state index is 12.3. The van der Waals surface area contributed by atoms with Crippen LogP contribution in [0.25, 0.3) is 0 Å². The van der Waals surface area contributed by atoms with Crippen LogP contribution in [0.1, 0.15) is 46.3 Å². The molecule has 3 rings (SSSR count). The summed E-state index contributed by atoms with van der Waals surface area (Å²) >= 11 is 0. The Hall–Kier alpha value is -2.44. The third-order valence-electron chi connectivity index (χ3n) is 4.41. The molecule has 0 spiro atoms. The molecule has 1 atom stereocenters. The largest absolute Gasteiger partial charge is 0.351 e. The van der Waals surface area contributed by atoms with Gasteiger partial charge in [-0.25, -0.2) is 0 Å². The van der Waals surface area contributed by atoms with Gasteiger partial charge in [0, 0.05) is 23.9 Å². The van der Waals surface area contributed by atoms with E-state index in [1.807, 2.05) is 13.1 Å². The second-order valence-corrected chi connectivity index (χ2v) is 6.14. The minimum absolute atomic E-state index is 0.0225. The van der Waals surface area contributed by atoms with Gasteiger partial charge in [-0.2, -0.15) is 10.2 Å². The van der Waals surface area contributed by atoms with Crippen LogP contribution in [0.4, 0.5) is 0 Å². The van der Waals surface area contributed by atoms with Crippen LogP contribution in [-0.4, -0.2) is 37.7 Å². The minimum Gasteiger partial charge on any atom is -0.351 e. The number of aryl methyl sites for hydroxylation is 2. The highest BCUT2D eigenvalue weighted by Gasteiger charge is 2.22. The third kappa shape index (κ3) is 3.04. The Balaban J connectivity index is 1.64. The van der Waals surface area contributed by atoms with Crippen LogP contribution >= 0.6 is 0 Å². The summed E-state index contributed by atoms with van der Waals surface area (Å²) in [6.45, 7) is 5.26. The Morgan fingerprint density at radius 2 is 2.22 bits per heavy atom. The van der Waals surface area contributed by atoms with Crippen molar-refractivity contribution in [3.05, 3.63) is 34.4 Å². The molecule has 0 saturated heterocycles. The number of Topliss-reactive ketones (excluding diaryl/α,β-unsaturated/α-hetero) is 1. The number of hydrogen-bond donors (Lipinski definition) is 2. The number of aromatic nitrogens is 4. The van der Waals surface area contributed by atoms with Gasteiger partial charge in [-0.05, 0) is 39.2 Å². The Bertz CT molecular complexity index is 759. The number of rotatable bonds is 4. The lowest BCUT2D eigenvalue weighted by Crippen LogP contribution is -2.40. The van der Waals surface area contributed by atoms with E-state index in [-0.39, 0.29) is 24.3 Å². The second kappa shape index (κ2) is 5.98. The van der Waals surface area contributed by atoms with Crippen LogP contribution in [0.2, 0.25) is 0 Å². The Morgan fingerprint density at radius 1 is 1.43 bits per heavy atom. The lowest BCUT2D eigenvalue weighted by atomic mass is 9.94. The molecule has 1 aliphatic rings. The number of carbonyl (C=O) groups is 2. The minimum atomic E-state index is -0.0846. The highest BCUT2D eigenvalue weighted by Crippen LogP contribution is 2.19. The molecule has 2 aromatic heterocycles. The fourth-order valence-electron chi connectivity index (χ4n) is 3.30. The van der Waals surface area contributed by atoms with Crippen molar-refractivity contribution in [3.63, 3.8) is 0 Å². The number of carbonyl (C=O) groups excluding carboxylic acids is 2. The van der Waals surface area contributed by atoms with Gasteiger partial charge >= 0.3 is 0 Å². The van der Waals surface area contributed by atoms with E-state index in [2.05, 4.69) is 20.6 Å². The molecule has 2 N–H and O–H groups in total. The molecule has 0 radical (unpaired) electrons. The predicted molar refractivity (Wildman–Crippen MR) is 84.2 cm³/mol. The van der Waals surface area contributed by atoms with E-state index < -0.39 is 0 Å². The van der Waals surface area contributed by atoms with Crippen LogP contribution in [0.15, 0.2) is 6.20 Å². The van der Waals surface area contributed by atoms with Crippen LogP contribution in [-0.2, 0) is 24.2 Å². The molecule has 2 aromatic rings. The number of amides is 1. The van der Waals surface area contributed by atoms with Gasteiger partial charge in [0.15, 0.2) is 5.78 Å². The lowest BCUT2D eigenvalue weighted by molar-refractivity contribution is -0.122. The number of ketones is 1. The van der Waals surface area contributed by atoms with E-state index in [1.54, 1.807) is 11.6 Å². The summed E-state index contributed by atoms with van der Waals surface area (Å²) < 4.78 is 1.60. The summed E-state index contributed by atoms with van der Waals surface area (Å²) in [6.07, 6.45) is 4.46. The molecule has 0 bridgehead atoms. The van der Waals surface area contributed by atoms with E-state index in [0.29, 0.717) is 11.3 Å². The summed E-state index contributed by atoms with van der Waals surface area (Å²) in [5.74, 6) is -0.107. The van der Waals surface area contributed by atoms with Crippen molar-refractivity contribution in [2.75, 3.05) is 0 Å². The van der Waals surface area contributed by atoms with Crippen LogP contribution in [0.3, 0.4) is 0 Å². The number of fused-ring (bicyclic) bond motifs is 1. The molecule has 1 aliphatic carbocycles. The highest BCUT2D eigenvalue weighted by atomic mass is 16.2. The molecule has 1 amide bonds. The first-order chi connectivity index (χ1) is 11.0. The molecule has 0 unspecified atom stereocenters. The van der Waals surface area contributed by atoms with Gasteiger partial charge in [0.25, 0.3) is 0 Å². The second-order valence-electron chi connectivity index (χ2n) is 6.14. The van der Waals surface area contributed by atoms with Gasteiger partial charge in [-0.15, -0.1) is 0 Å². The number of nitrogens with zero attached hydrogens (tertiary/aromatic N) is 3. The first-order valence-corrected chi connectivity index (χ1v) is 7.81. The zero-order valence-electron chi connectivity index (χ0n) is 13.6. The van der Waals surface area contributed by atoms with Crippen molar-refractivity contribution in [1.82, 2.24) is 25.3 Å². The van der Waals surface area contributed by atoms with Gasteiger partial charge < -0.3 is 5.32 Å². The summed E-state index contributed by atoms with van der Waals surface area (Å²) in [4.78, 5) is 23.9. The van der Waals surface area contributed by atoms with Crippen molar-refractivity contribution in [2.45, 2.75) is 52.6 Å². The fourth-order valence-corrected chi connectivity index (χ4v) is 3.30. The van der Waals surface area contributed by atoms with E-state index in [9.17, 15) is 9.59 Å². The maximum Gasteiger partial charge on any atom is 0.241 e. The first kappa shape index (κ1) is 15.5. The van der Waals surface area contributed by atoms with Crippen molar-refractivity contribution in [1.29, 1.82) is 0 Å². The van der Waals surface area contributed by atoms with Gasteiger partial charge in [0.1, 0.15) is 6.54 Å². The molecule has 0 aliphatic heterocycles. The van der Waals surface area contributed by atoms with Gasteiger partial charge in [-0.1, -0.05) is 0 Å². The van der Waals surface area contributed by atoms with E-state index in [1.165, 1.54) is 12.5 Å². The van der Waals surface area contributed by atoms with Crippen molar-refractivity contribution in [2.24, 2.45) is 0 Å². The molecule has 0 fully saturated rings. The number of aromatic amines is 1. The van der Waals surface area contributed by atoms with E-state index in [0.717, 1.165) is 30.7 Å². The lowest BCUT2D eigenvalue weighted by Gasteiger charge is -2.22. The molecule has 7 heteroatoms. The van der Waals surface area contributed by atoms with Crippen LogP contribution < -0.4 is 5.32 Å². The van der Waals surface area contributed by atoms with E-state index >= 15 is 0 Å². The Morgan fingerprint density at radius 3 is 2.91 bits per heavy atom. The summed E-state index contributed by atoms with van der Waals surface area (Å²) in [6, 6.07) is 0.111. The van der Waals surface area contributed by atoms with Crippen molar-refractivity contribution < 1.29 is 9.59 Å². The van der Waals surface area contributed by atoms with Gasteiger partial charge in [-0.3, -0.25) is 19.4 Å². The average Bonchev–Trinajstić information content (AvgIpc) is 3.03. The molecule has 0 saturated carbocycles. The van der Waals surface area contributed by atoms with Crippen molar-refractivity contribution >= 4 is 11.7 Å². The smallest absolute Gasteiger partial charge is 0.241 e. The summed E-state index contributed by atoms with van der Waals surface area (Å²) in [5.41, 5.74) is 4.36. The van der Waals surface area contributed by atoms with Crippen LogP contribution in [0.5, 0.6) is 0 Å². The molecular weight excluding hydrogens is 294 g/mol. The standard InChI is InChI=1S/C16H21N5O2/c1-9-16(11(3)22)10(2)21(20-9)8-15(23)18-13-5-4-12-7-17-19-14(12)6-13/h7,13H,4-6,8H2,1-3H3,(H,17,19)(H,18,23)/t13-/m0/s1. The van der Waals surface area contributed by atoms with Gasteiger partial charge in [0.05, 0.1) is 17.5 Å². The third-order valence-corrected chi connectivity index (χ3v) is 4.41. The number of H-pyrrole nitrogens is 1. The Kier molecular flexibility index (Phi) is 4.02. The topological polar surface area (TPSA) is 92.7 Å². The quantitative estimate of drug-likeness (QED) is 0.826. The Labute approximate surface area is 134 Å². The molecule has 122 valence electrons. The first-order valence-electron chi connectivity index (χ1n) is 7.81. The van der Waals surface area contributed by atoms with Gasteiger partial charge in [0.2, 0.25) is 5.91 Å². The zero-order valence-corrected chi connectivity index (χ0v) is 13.6. The predicted octanol–water partition coefficient (Wildman–Crippen LogP) is 1.10. The monoisotopic (exact) mass is 315 g/mol. The number of hydrogen-bond acceptors (Lipinski definition) is 4. The molecule has 23 heavy (non-hydrogen) atoms. The van der Waals surface area contributed by atoms with Crippen LogP contribution in [0, 0.1) is 13.8 Å². The number of nitrogens with one attached hydrogen (secondary N) is 2. The normalized spacial score (nSPS) is 16.9. The molecule has 2 heterocycles. The zero-order chi connectivity index (χ0) is 16.6. The summed E-state index contributed by atoms with van der Waals surface area (Å²) in [7, 11) is 0. The fraction of sp³-hybridized carbons (Fsp3) is 0.500. The SMILES string of the molecule is CC(=O)c1c(C)nn(CC(=O)N[C@H]2CCc3cn[nH]c3C2)c1C. The maximum absolute atomic E-state index is 12.3.